The normalized spacial score (nSPS) is 17.9. The van der Waals surface area contributed by atoms with Crippen molar-refractivity contribution in [2.75, 3.05) is 33.4 Å². The predicted octanol–water partition coefficient (Wildman–Crippen LogP) is 3.66. The average molecular weight is 443 g/mol. The first-order chi connectivity index (χ1) is 15.5. The van der Waals surface area contributed by atoms with E-state index in [-0.39, 0.29) is 23.5 Å². The van der Waals surface area contributed by atoms with Gasteiger partial charge in [0.1, 0.15) is 17.7 Å². The largest absolute Gasteiger partial charge is 0.489 e. The summed E-state index contributed by atoms with van der Waals surface area (Å²) in [4.78, 5) is 4.35. The van der Waals surface area contributed by atoms with Gasteiger partial charge >= 0.3 is 0 Å². The van der Waals surface area contributed by atoms with Gasteiger partial charge in [-0.3, -0.25) is 4.99 Å². The summed E-state index contributed by atoms with van der Waals surface area (Å²) in [5.41, 5.74) is 1.18. The number of aliphatic imine (C=N–C) groups is 1. The molecule has 32 heavy (non-hydrogen) atoms. The van der Waals surface area contributed by atoms with Gasteiger partial charge < -0.3 is 25.4 Å². The summed E-state index contributed by atoms with van der Waals surface area (Å²) in [6, 6.07) is 16.9. The summed E-state index contributed by atoms with van der Waals surface area (Å²) in [7, 11) is 1.75. The van der Waals surface area contributed by atoms with Crippen molar-refractivity contribution in [3.8, 4) is 5.75 Å². The van der Waals surface area contributed by atoms with E-state index in [9.17, 15) is 4.39 Å². The number of rotatable bonds is 9. The lowest BCUT2D eigenvalue weighted by molar-refractivity contribution is 0.0354. The van der Waals surface area contributed by atoms with E-state index in [4.69, 9.17) is 9.47 Å². The first-order valence-electron chi connectivity index (χ1n) is 11.3. The molecule has 0 radical (unpaired) electrons. The molecule has 3 N–H and O–H groups in total. The highest BCUT2D eigenvalue weighted by Gasteiger charge is 2.34. The molecule has 174 valence electrons. The second kappa shape index (κ2) is 11.8. The van der Waals surface area contributed by atoms with Crippen LogP contribution in [0.3, 0.4) is 0 Å². The number of nitrogens with zero attached hydrogens (tertiary/aromatic N) is 1. The lowest BCUT2D eigenvalue weighted by atomic mass is 9.88. The first-order valence-corrected chi connectivity index (χ1v) is 11.3. The molecule has 2 unspecified atom stereocenters. The van der Waals surface area contributed by atoms with Crippen LogP contribution < -0.4 is 20.7 Å². The number of hydrogen-bond donors (Lipinski definition) is 3. The fraction of sp³-hybridized carbons (Fsp3) is 0.480. The van der Waals surface area contributed by atoms with Crippen LogP contribution in [0.1, 0.15) is 38.3 Å². The Balaban J connectivity index is 1.53. The summed E-state index contributed by atoms with van der Waals surface area (Å²) in [6.45, 7) is 6.88. The van der Waals surface area contributed by atoms with Gasteiger partial charge in [0.2, 0.25) is 0 Å². The van der Waals surface area contributed by atoms with Crippen molar-refractivity contribution in [3.63, 3.8) is 0 Å². The van der Waals surface area contributed by atoms with Crippen LogP contribution in [-0.4, -0.2) is 51.0 Å². The number of ether oxygens (including phenoxy) is 2. The van der Waals surface area contributed by atoms with E-state index in [2.05, 4.69) is 52.1 Å². The van der Waals surface area contributed by atoms with Gasteiger partial charge in [-0.2, -0.15) is 0 Å². The molecule has 0 spiro atoms. The van der Waals surface area contributed by atoms with E-state index in [1.54, 1.807) is 19.2 Å². The van der Waals surface area contributed by atoms with Gasteiger partial charge in [0.05, 0.1) is 6.54 Å². The zero-order valence-corrected chi connectivity index (χ0v) is 19.2. The van der Waals surface area contributed by atoms with Gasteiger partial charge in [0, 0.05) is 44.5 Å². The minimum Gasteiger partial charge on any atom is -0.489 e. The standard InChI is InChI=1S/C25H35FN4O2/c1-19(32-23-11-7-10-22(26)16-23)17-28-24(27-3)29-18-25(12-14-31-15-13-25)30-20(2)21-8-5-4-6-9-21/h4-11,16,19-20,30H,12-15,17-18H2,1-3H3,(H2,27,28,29). The molecule has 0 saturated carbocycles. The van der Waals surface area contributed by atoms with Crippen molar-refractivity contribution < 1.29 is 13.9 Å². The van der Waals surface area contributed by atoms with E-state index >= 15 is 0 Å². The van der Waals surface area contributed by atoms with E-state index in [0.717, 1.165) is 32.6 Å². The maximum atomic E-state index is 13.4. The molecule has 1 saturated heterocycles. The molecule has 1 fully saturated rings. The SMILES string of the molecule is CN=C(NCC(C)Oc1cccc(F)c1)NCC1(NC(C)c2ccccc2)CCOCC1. The molecule has 0 aliphatic carbocycles. The van der Waals surface area contributed by atoms with Crippen LogP contribution in [0.25, 0.3) is 0 Å². The zero-order valence-electron chi connectivity index (χ0n) is 19.2. The fourth-order valence-electron chi connectivity index (χ4n) is 3.95. The lowest BCUT2D eigenvalue weighted by Crippen LogP contribution is -2.58. The van der Waals surface area contributed by atoms with Gasteiger partial charge in [0.15, 0.2) is 5.96 Å². The number of benzene rings is 2. The molecule has 0 bridgehead atoms. The minimum absolute atomic E-state index is 0.0885. The van der Waals surface area contributed by atoms with Crippen LogP contribution in [0.5, 0.6) is 5.75 Å². The Morgan fingerprint density at radius 3 is 2.53 bits per heavy atom. The van der Waals surface area contributed by atoms with Gasteiger partial charge in [-0.1, -0.05) is 36.4 Å². The number of halogens is 1. The topological polar surface area (TPSA) is 66.9 Å². The maximum Gasteiger partial charge on any atom is 0.191 e. The minimum atomic E-state index is -0.306. The Bertz CT molecular complexity index is 856. The summed E-state index contributed by atoms with van der Waals surface area (Å²) < 4.78 is 24.8. The van der Waals surface area contributed by atoms with E-state index in [0.29, 0.717) is 18.3 Å². The van der Waals surface area contributed by atoms with Gasteiger partial charge in [-0.25, -0.2) is 4.39 Å². The molecular formula is C25H35FN4O2. The summed E-state index contributed by atoms with van der Waals surface area (Å²) in [5.74, 6) is 0.918. The molecule has 0 amide bonds. The monoisotopic (exact) mass is 442 g/mol. The molecule has 2 atom stereocenters. The Labute approximate surface area is 190 Å². The van der Waals surface area contributed by atoms with Crippen molar-refractivity contribution in [1.29, 1.82) is 0 Å². The van der Waals surface area contributed by atoms with Gasteiger partial charge in [0.25, 0.3) is 0 Å². The van der Waals surface area contributed by atoms with Crippen LogP contribution >= 0.6 is 0 Å². The Hall–Kier alpha value is -2.64. The smallest absolute Gasteiger partial charge is 0.191 e. The molecule has 2 aromatic rings. The molecule has 0 aromatic heterocycles. The Morgan fingerprint density at radius 1 is 1.09 bits per heavy atom. The van der Waals surface area contributed by atoms with Crippen molar-refractivity contribution in [2.45, 2.75) is 44.4 Å². The Morgan fingerprint density at radius 2 is 1.84 bits per heavy atom. The molecule has 1 aliphatic rings. The third kappa shape index (κ3) is 7.21. The van der Waals surface area contributed by atoms with Crippen molar-refractivity contribution in [3.05, 3.63) is 66.0 Å². The highest BCUT2D eigenvalue weighted by atomic mass is 19.1. The van der Waals surface area contributed by atoms with Crippen LogP contribution in [0.2, 0.25) is 0 Å². The quantitative estimate of drug-likeness (QED) is 0.409. The molecule has 3 rings (SSSR count). The fourth-order valence-corrected chi connectivity index (χ4v) is 3.95. The predicted molar refractivity (Wildman–Crippen MR) is 127 cm³/mol. The van der Waals surface area contributed by atoms with E-state index in [1.165, 1.54) is 17.7 Å². The molecular weight excluding hydrogens is 407 g/mol. The van der Waals surface area contributed by atoms with Crippen LogP contribution in [0.15, 0.2) is 59.6 Å². The summed E-state index contributed by atoms with van der Waals surface area (Å²) in [6.07, 6.45) is 1.70. The van der Waals surface area contributed by atoms with Crippen LogP contribution in [-0.2, 0) is 4.74 Å². The van der Waals surface area contributed by atoms with Crippen LogP contribution in [0, 0.1) is 5.82 Å². The second-order valence-electron chi connectivity index (χ2n) is 8.36. The second-order valence-corrected chi connectivity index (χ2v) is 8.36. The molecule has 2 aromatic carbocycles. The number of hydrogen-bond acceptors (Lipinski definition) is 4. The van der Waals surface area contributed by atoms with Gasteiger partial charge in [-0.15, -0.1) is 0 Å². The summed E-state index contributed by atoms with van der Waals surface area (Å²) in [5, 5.41) is 10.6. The molecule has 6 nitrogen and oxygen atoms in total. The van der Waals surface area contributed by atoms with Gasteiger partial charge in [-0.05, 0) is 44.4 Å². The lowest BCUT2D eigenvalue weighted by Gasteiger charge is -2.41. The average Bonchev–Trinajstić information content (AvgIpc) is 2.80. The van der Waals surface area contributed by atoms with E-state index < -0.39 is 0 Å². The van der Waals surface area contributed by atoms with Crippen molar-refractivity contribution in [1.82, 2.24) is 16.0 Å². The third-order valence-electron chi connectivity index (χ3n) is 5.78. The number of guanidine groups is 1. The number of nitrogens with one attached hydrogen (secondary N) is 3. The summed E-state index contributed by atoms with van der Waals surface area (Å²) >= 11 is 0. The van der Waals surface area contributed by atoms with Crippen molar-refractivity contribution >= 4 is 5.96 Å². The molecule has 7 heteroatoms. The van der Waals surface area contributed by atoms with Crippen molar-refractivity contribution in [2.24, 2.45) is 4.99 Å². The molecule has 1 aliphatic heterocycles. The Kier molecular flexibility index (Phi) is 8.88. The highest BCUT2D eigenvalue weighted by Crippen LogP contribution is 2.25. The first kappa shape index (κ1) is 24.0. The highest BCUT2D eigenvalue weighted by molar-refractivity contribution is 5.79. The third-order valence-corrected chi connectivity index (χ3v) is 5.78. The van der Waals surface area contributed by atoms with E-state index in [1.807, 2.05) is 13.0 Å². The van der Waals surface area contributed by atoms with Crippen LogP contribution in [0.4, 0.5) is 4.39 Å². The maximum absolute atomic E-state index is 13.4. The zero-order chi connectivity index (χ0) is 22.8. The molecule has 1 heterocycles.